The van der Waals surface area contributed by atoms with Crippen LogP contribution in [0, 0.1) is 16.0 Å². The quantitative estimate of drug-likeness (QED) is 0.343. The van der Waals surface area contributed by atoms with E-state index in [9.17, 15) is 41.3 Å². The van der Waals surface area contributed by atoms with E-state index in [0.717, 1.165) is 18.2 Å². The number of para-hydroxylation sites is 1. The first-order valence-electron chi connectivity index (χ1n) is 9.12. The summed E-state index contributed by atoms with van der Waals surface area (Å²) >= 11 is 0. The summed E-state index contributed by atoms with van der Waals surface area (Å²) in [5, 5.41) is 11.1. The first-order valence-corrected chi connectivity index (χ1v) is 9.12. The fraction of sp³-hybridized carbons (Fsp3) is 0.350. The fourth-order valence-corrected chi connectivity index (χ4v) is 3.45. The number of hydrogen-bond donors (Lipinski definition) is 0. The van der Waals surface area contributed by atoms with Gasteiger partial charge in [0.05, 0.1) is 17.0 Å². The number of benzene rings is 2. The molecule has 0 aliphatic heterocycles. The molecular weight excluding hydrogens is 430 g/mol. The van der Waals surface area contributed by atoms with Crippen molar-refractivity contribution in [2.24, 2.45) is 5.92 Å². The number of alkyl halides is 6. The third-order valence-electron chi connectivity index (χ3n) is 5.01. The monoisotopic (exact) mass is 446 g/mol. The second-order valence-electron chi connectivity index (χ2n) is 7.26. The Balaban J connectivity index is 1.78. The second kappa shape index (κ2) is 8.20. The number of nitro benzene ring substituents is 1. The number of rotatable bonds is 6. The van der Waals surface area contributed by atoms with Gasteiger partial charge in [-0.15, -0.1) is 0 Å². The van der Waals surface area contributed by atoms with Gasteiger partial charge < -0.3 is 4.90 Å². The SMILES string of the molecule is O=C(C1CC1c1ccc(C(F)(F)F)cc1)N(Cc1ccccc1[N+](=O)[O-])CC(F)(F)F. The van der Waals surface area contributed by atoms with Crippen LogP contribution in [0.5, 0.6) is 0 Å². The lowest BCUT2D eigenvalue weighted by molar-refractivity contribution is -0.385. The van der Waals surface area contributed by atoms with E-state index < -0.39 is 59.4 Å². The molecule has 1 amide bonds. The number of carbonyl (C=O) groups is 1. The fourth-order valence-electron chi connectivity index (χ4n) is 3.45. The van der Waals surface area contributed by atoms with Crippen molar-refractivity contribution in [2.75, 3.05) is 6.54 Å². The van der Waals surface area contributed by atoms with Gasteiger partial charge in [-0.25, -0.2) is 0 Å². The third kappa shape index (κ3) is 5.53. The Kier molecular flexibility index (Phi) is 5.97. The Morgan fingerprint density at radius 1 is 1.03 bits per heavy atom. The van der Waals surface area contributed by atoms with E-state index in [-0.39, 0.29) is 12.0 Å². The van der Waals surface area contributed by atoms with Gasteiger partial charge in [0, 0.05) is 17.5 Å². The maximum Gasteiger partial charge on any atom is 0.416 e. The summed E-state index contributed by atoms with van der Waals surface area (Å²) in [5.41, 5.74) is -0.895. The Hall–Kier alpha value is -3.11. The van der Waals surface area contributed by atoms with Gasteiger partial charge in [0.25, 0.3) is 5.69 Å². The maximum atomic E-state index is 13.1. The van der Waals surface area contributed by atoms with Crippen LogP contribution in [0.15, 0.2) is 48.5 Å². The van der Waals surface area contributed by atoms with Crippen LogP contribution in [-0.2, 0) is 17.5 Å². The van der Waals surface area contributed by atoms with Gasteiger partial charge in [0.15, 0.2) is 0 Å². The van der Waals surface area contributed by atoms with E-state index in [1.165, 1.54) is 30.3 Å². The topological polar surface area (TPSA) is 63.5 Å². The van der Waals surface area contributed by atoms with Crippen LogP contribution in [0.3, 0.4) is 0 Å². The summed E-state index contributed by atoms with van der Waals surface area (Å²) in [6.45, 7) is -2.19. The predicted octanol–water partition coefficient (Wildman–Crippen LogP) is 5.31. The average Bonchev–Trinajstić information content (AvgIpc) is 3.46. The number of hydrogen-bond acceptors (Lipinski definition) is 3. The predicted molar refractivity (Wildman–Crippen MR) is 96.9 cm³/mol. The highest BCUT2D eigenvalue weighted by Gasteiger charge is 2.48. The van der Waals surface area contributed by atoms with Crippen LogP contribution in [0.2, 0.25) is 0 Å². The van der Waals surface area contributed by atoms with Crippen molar-refractivity contribution in [1.29, 1.82) is 0 Å². The summed E-state index contributed by atoms with van der Waals surface area (Å²) < 4.78 is 77.2. The van der Waals surface area contributed by atoms with Crippen LogP contribution < -0.4 is 0 Å². The summed E-state index contributed by atoms with van der Waals surface area (Å²) in [5.74, 6) is -2.18. The van der Waals surface area contributed by atoms with Gasteiger partial charge in [-0.2, -0.15) is 26.3 Å². The van der Waals surface area contributed by atoms with Gasteiger partial charge in [0.1, 0.15) is 6.54 Å². The molecule has 1 aliphatic rings. The molecule has 0 N–H and O–H groups in total. The number of nitro groups is 1. The summed E-state index contributed by atoms with van der Waals surface area (Å²) in [4.78, 5) is 23.7. The van der Waals surface area contributed by atoms with Crippen molar-refractivity contribution in [3.63, 3.8) is 0 Å². The molecule has 5 nitrogen and oxygen atoms in total. The molecule has 2 aromatic carbocycles. The molecule has 2 aromatic rings. The van der Waals surface area contributed by atoms with Crippen molar-refractivity contribution >= 4 is 11.6 Å². The second-order valence-corrected chi connectivity index (χ2v) is 7.26. The molecule has 11 heteroatoms. The van der Waals surface area contributed by atoms with Crippen molar-refractivity contribution in [1.82, 2.24) is 4.90 Å². The highest BCUT2D eigenvalue weighted by molar-refractivity contribution is 5.83. The number of amides is 1. The smallest absolute Gasteiger partial charge is 0.329 e. The minimum atomic E-state index is -4.72. The summed E-state index contributed by atoms with van der Waals surface area (Å²) in [7, 11) is 0. The van der Waals surface area contributed by atoms with E-state index in [1.54, 1.807) is 0 Å². The molecule has 1 fully saturated rings. The summed E-state index contributed by atoms with van der Waals surface area (Å²) in [6, 6.07) is 9.31. The maximum absolute atomic E-state index is 13.1. The molecular formula is C20H16F6N2O3. The van der Waals surface area contributed by atoms with E-state index in [4.69, 9.17) is 0 Å². The van der Waals surface area contributed by atoms with E-state index in [2.05, 4.69) is 0 Å². The molecule has 166 valence electrons. The Morgan fingerprint density at radius 3 is 2.19 bits per heavy atom. The third-order valence-corrected chi connectivity index (χ3v) is 5.01. The highest BCUT2D eigenvalue weighted by atomic mass is 19.4. The highest BCUT2D eigenvalue weighted by Crippen LogP contribution is 2.49. The molecule has 0 saturated heterocycles. The van der Waals surface area contributed by atoms with Crippen LogP contribution in [0.25, 0.3) is 0 Å². The van der Waals surface area contributed by atoms with E-state index >= 15 is 0 Å². The first-order chi connectivity index (χ1) is 14.4. The molecule has 0 heterocycles. The summed E-state index contributed by atoms with van der Waals surface area (Å²) in [6.07, 6.45) is -9.06. The zero-order chi connectivity index (χ0) is 23.0. The zero-order valence-corrected chi connectivity index (χ0v) is 15.8. The number of nitrogens with zero attached hydrogens (tertiary/aromatic N) is 2. The van der Waals surface area contributed by atoms with Gasteiger partial charge in [0.2, 0.25) is 5.91 Å². The molecule has 0 bridgehead atoms. The molecule has 0 radical (unpaired) electrons. The van der Waals surface area contributed by atoms with Gasteiger partial charge in [-0.1, -0.05) is 30.3 Å². The lowest BCUT2D eigenvalue weighted by atomic mass is 10.1. The molecule has 2 atom stereocenters. The molecule has 31 heavy (non-hydrogen) atoms. The largest absolute Gasteiger partial charge is 0.416 e. The molecule has 1 saturated carbocycles. The normalized spacial score (nSPS) is 18.5. The molecule has 0 spiro atoms. The lowest BCUT2D eigenvalue weighted by Crippen LogP contribution is -2.39. The van der Waals surface area contributed by atoms with Crippen LogP contribution in [-0.4, -0.2) is 28.5 Å². The molecule has 2 unspecified atom stereocenters. The van der Waals surface area contributed by atoms with Crippen molar-refractivity contribution in [3.8, 4) is 0 Å². The van der Waals surface area contributed by atoms with Crippen LogP contribution in [0.1, 0.15) is 29.0 Å². The average molecular weight is 446 g/mol. The van der Waals surface area contributed by atoms with E-state index in [0.29, 0.717) is 10.5 Å². The number of carbonyl (C=O) groups excluding carboxylic acids is 1. The molecule has 0 aromatic heterocycles. The minimum Gasteiger partial charge on any atom is -0.329 e. The molecule has 1 aliphatic carbocycles. The van der Waals surface area contributed by atoms with Crippen molar-refractivity contribution in [3.05, 3.63) is 75.3 Å². The van der Waals surface area contributed by atoms with Gasteiger partial charge >= 0.3 is 12.4 Å². The first kappa shape index (κ1) is 22.6. The van der Waals surface area contributed by atoms with Gasteiger partial charge in [-0.05, 0) is 30.0 Å². The van der Waals surface area contributed by atoms with E-state index in [1.807, 2.05) is 0 Å². The van der Waals surface area contributed by atoms with Crippen molar-refractivity contribution < 1.29 is 36.1 Å². The van der Waals surface area contributed by atoms with Gasteiger partial charge in [-0.3, -0.25) is 14.9 Å². The zero-order valence-electron chi connectivity index (χ0n) is 15.8. The molecule has 3 rings (SSSR count). The van der Waals surface area contributed by atoms with Crippen LogP contribution >= 0.6 is 0 Å². The Bertz CT molecular complexity index is 972. The Morgan fingerprint density at radius 2 is 1.65 bits per heavy atom. The lowest BCUT2D eigenvalue weighted by Gasteiger charge is -2.24. The minimum absolute atomic E-state index is 0.0446. The standard InChI is InChI=1S/C20H16F6N2O3/c21-19(22,23)11-27(10-13-3-1-2-4-17(13)28(30)31)18(29)16-9-15(16)12-5-7-14(8-6-12)20(24,25)26/h1-8,15-16H,9-11H2. The van der Waals surface area contributed by atoms with Crippen LogP contribution in [0.4, 0.5) is 32.0 Å². The van der Waals surface area contributed by atoms with Crippen molar-refractivity contribution in [2.45, 2.75) is 31.2 Å². The number of halogens is 6. The Labute approximate surface area is 172 Å².